The van der Waals surface area contributed by atoms with Crippen molar-refractivity contribution >= 4 is 17.5 Å². The lowest BCUT2D eigenvalue weighted by Gasteiger charge is -2.20. The van der Waals surface area contributed by atoms with E-state index in [-0.39, 0.29) is 0 Å². The fourth-order valence-electron chi connectivity index (χ4n) is 1.99. The second-order valence-electron chi connectivity index (χ2n) is 6.11. The first-order valence-electron chi connectivity index (χ1n) is 7.41. The van der Waals surface area contributed by atoms with E-state index in [2.05, 4.69) is 15.6 Å². The Labute approximate surface area is 136 Å². The summed E-state index contributed by atoms with van der Waals surface area (Å²) in [6.07, 6.45) is 3.30. The molecule has 1 aromatic carbocycles. The number of rotatable bonds is 5. The minimum absolute atomic E-state index is 0.510. The average molecular weight is 317 g/mol. The molecule has 1 aromatic heterocycles. The maximum absolute atomic E-state index is 11.9. The minimum atomic E-state index is -0.546. The van der Waals surface area contributed by atoms with Gasteiger partial charge >= 0.3 is 6.09 Å². The molecule has 0 aliphatic carbocycles. The summed E-state index contributed by atoms with van der Waals surface area (Å²) in [5.41, 5.74) is 2.07. The van der Waals surface area contributed by atoms with Crippen molar-refractivity contribution in [2.75, 3.05) is 17.7 Å². The number of carbonyl (C=O) groups is 1. The van der Waals surface area contributed by atoms with Crippen LogP contribution in [0.1, 0.15) is 26.3 Å². The number of amides is 1. The van der Waals surface area contributed by atoms with Crippen molar-refractivity contribution in [3.8, 4) is 5.75 Å². The molecule has 0 aliphatic heterocycles. The third-order valence-corrected chi connectivity index (χ3v) is 3.00. The zero-order valence-corrected chi connectivity index (χ0v) is 13.9. The van der Waals surface area contributed by atoms with Crippen molar-refractivity contribution in [1.29, 1.82) is 0 Å². The van der Waals surface area contributed by atoms with E-state index in [1.807, 2.05) is 51.4 Å². The lowest BCUT2D eigenvalue weighted by Crippen LogP contribution is -2.27. The van der Waals surface area contributed by atoms with E-state index >= 15 is 0 Å². The highest BCUT2D eigenvalue weighted by Crippen LogP contribution is 2.28. The van der Waals surface area contributed by atoms with E-state index in [4.69, 9.17) is 9.47 Å². The van der Waals surface area contributed by atoms with E-state index < -0.39 is 11.7 Å². The topological polar surface area (TPSA) is 75.4 Å². The second kappa shape index (κ2) is 7.09. The van der Waals surface area contributed by atoms with Gasteiger partial charge in [0.05, 0.1) is 12.8 Å². The molecule has 2 rings (SSSR count). The summed E-state index contributed by atoms with van der Waals surface area (Å²) < 4.78 is 10.6. The van der Waals surface area contributed by atoms with Crippen LogP contribution in [0, 0.1) is 0 Å². The molecule has 0 fully saturated rings. The highest BCUT2D eigenvalue weighted by atomic mass is 16.6. The van der Waals surface area contributed by atoms with E-state index in [0.717, 1.165) is 11.3 Å². The molecule has 23 heavy (non-hydrogen) atoms. The number of aromatic amines is 1. The molecule has 0 atom stereocenters. The molecule has 0 spiro atoms. The van der Waals surface area contributed by atoms with Crippen molar-refractivity contribution in [3.63, 3.8) is 0 Å². The number of aromatic nitrogens is 1. The van der Waals surface area contributed by atoms with Gasteiger partial charge in [-0.25, -0.2) is 4.79 Å². The molecule has 3 N–H and O–H groups in total. The van der Waals surface area contributed by atoms with Crippen LogP contribution in [0.2, 0.25) is 0 Å². The number of anilines is 2. The number of hydrogen-bond donors (Lipinski definition) is 3. The van der Waals surface area contributed by atoms with Gasteiger partial charge in [-0.3, -0.25) is 5.32 Å². The predicted octanol–water partition coefficient (Wildman–Crippen LogP) is 3.98. The Morgan fingerprint density at radius 2 is 2.04 bits per heavy atom. The van der Waals surface area contributed by atoms with Crippen LogP contribution in [0.25, 0.3) is 0 Å². The van der Waals surface area contributed by atoms with Crippen LogP contribution in [0.15, 0.2) is 36.7 Å². The minimum Gasteiger partial charge on any atom is -0.494 e. The summed E-state index contributed by atoms with van der Waals surface area (Å²) >= 11 is 0. The molecule has 6 heteroatoms. The summed E-state index contributed by atoms with van der Waals surface area (Å²) in [4.78, 5) is 14.9. The molecule has 2 aromatic rings. The smallest absolute Gasteiger partial charge is 0.412 e. The Hall–Kier alpha value is -2.63. The van der Waals surface area contributed by atoms with Crippen molar-refractivity contribution in [3.05, 3.63) is 42.2 Å². The number of ether oxygens (including phenoxy) is 2. The van der Waals surface area contributed by atoms with Crippen LogP contribution >= 0.6 is 0 Å². The quantitative estimate of drug-likeness (QED) is 0.779. The van der Waals surface area contributed by atoms with Crippen LogP contribution in [0.5, 0.6) is 5.75 Å². The summed E-state index contributed by atoms with van der Waals surface area (Å²) in [7, 11) is 1.56. The predicted molar refractivity (Wildman–Crippen MR) is 91.0 cm³/mol. The van der Waals surface area contributed by atoms with Gasteiger partial charge in [-0.1, -0.05) is 0 Å². The van der Waals surface area contributed by atoms with Crippen LogP contribution in [0.4, 0.5) is 16.2 Å². The van der Waals surface area contributed by atoms with Gasteiger partial charge < -0.3 is 19.8 Å². The lowest BCUT2D eigenvalue weighted by molar-refractivity contribution is 0.0635. The Bertz CT molecular complexity index is 646. The molecule has 0 unspecified atom stereocenters. The standard InChI is InChI=1S/C17H23N3O3/c1-17(2,3)23-16(21)20-14-6-5-13(9-15(14)22-4)19-11-12-7-8-18-10-12/h5-10,18-19H,11H2,1-4H3,(H,20,21). The average Bonchev–Trinajstić information content (AvgIpc) is 2.97. The van der Waals surface area contributed by atoms with E-state index in [9.17, 15) is 4.79 Å². The van der Waals surface area contributed by atoms with Crippen molar-refractivity contribution < 1.29 is 14.3 Å². The van der Waals surface area contributed by atoms with E-state index in [0.29, 0.717) is 18.0 Å². The van der Waals surface area contributed by atoms with Gasteiger partial charge in [0, 0.05) is 30.7 Å². The van der Waals surface area contributed by atoms with Gasteiger partial charge in [-0.15, -0.1) is 0 Å². The van der Waals surface area contributed by atoms with E-state index in [1.165, 1.54) is 0 Å². The maximum atomic E-state index is 11.9. The first-order chi connectivity index (χ1) is 10.9. The van der Waals surface area contributed by atoms with E-state index in [1.54, 1.807) is 13.2 Å². The fourth-order valence-corrected chi connectivity index (χ4v) is 1.99. The van der Waals surface area contributed by atoms with Crippen LogP contribution in [-0.2, 0) is 11.3 Å². The molecule has 124 valence electrons. The molecule has 1 heterocycles. The maximum Gasteiger partial charge on any atom is 0.412 e. The van der Waals surface area contributed by atoms with Crippen molar-refractivity contribution in [2.45, 2.75) is 32.9 Å². The van der Waals surface area contributed by atoms with Gasteiger partial charge in [0.25, 0.3) is 0 Å². The summed E-state index contributed by atoms with van der Waals surface area (Å²) in [5.74, 6) is 0.565. The first-order valence-corrected chi connectivity index (χ1v) is 7.41. The number of H-pyrrole nitrogens is 1. The number of methoxy groups -OCH3 is 1. The molecule has 0 bridgehead atoms. The summed E-state index contributed by atoms with van der Waals surface area (Å²) in [5, 5.41) is 5.99. The van der Waals surface area contributed by atoms with Gasteiger partial charge in [0.15, 0.2) is 0 Å². The molecule has 6 nitrogen and oxygen atoms in total. The molecule has 0 saturated carbocycles. The van der Waals surface area contributed by atoms with Crippen molar-refractivity contribution in [2.24, 2.45) is 0 Å². The Morgan fingerprint density at radius 3 is 2.65 bits per heavy atom. The molecule has 0 aliphatic rings. The molecular formula is C17H23N3O3. The number of benzene rings is 1. The highest BCUT2D eigenvalue weighted by molar-refractivity contribution is 5.87. The number of carbonyl (C=O) groups excluding carboxylic acids is 1. The first kappa shape index (κ1) is 16.7. The molecule has 0 saturated heterocycles. The summed E-state index contributed by atoms with van der Waals surface area (Å²) in [6.45, 7) is 6.15. The normalized spacial score (nSPS) is 11.0. The number of nitrogens with one attached hydrogen (secondary N) is 3. The summed E-state index contributed by atoms with van der Waals surface area (Å²) in [6, 6.07) is 7.49. The largest absolute Gasteiger partial charge is 0.494 e. The zero-order valence-electron chi connectivity index (χ0n) is 13.9. The number of hydrogen-bond acceptors (Lipinski definition) is 4. The Balaban J connectivity index is 2.02. The Morgan fingerprint density at radius 1 is 1.26 bits per heavy atom. The van der Waals surface area contributed by atoms with Gasteiger partial charge in [-0.2, -0.15) is 0 Å². The second-order valence-corrected chi connectivity index (χ2v) is 6.11. The molecule has 0 radical (unpaired) electrons. The molecule has 1 amide bonds. The SMILES string of the molecule is COc1cc(NCc2cc[nH]c2)ccc1NC(=O)OC(C)(C)C. The van der Waals surface area contributed by atoms with Crippen LogP contribution in [-0.4, -0.2) is 23.8 Å². The third kappa shape index (κ3) is 5.25. The highest BCUT2D eigenvalue weighted by Gasteiger charge is 2.17. The molecular weight excluding hydrogens is 294 g/mol. The third-order valence-electron chi connectivity index (χ3n) is 3.00. The monoisotopic (exact) mass is 317 g/mol. The van der Waals surface area contributed by atoms with Gasteiger partial charge in [-0.05, 0) is 44.5 Å². The van der Waals surface area contributed by atoms with Gasteiger partial charge in [0.1, 0.15) is 11.4 Å². The zero-order chi connectivity index (χ0) is 16.9. The van der Waals surface area contributed by atoms with Gasteiger partial charge in [0.2, 0.25) is 0 Å². The van der Waals surface area contributed by atoms with Crippen LogP contribution < -0.4 is 15.4 Å². The Kier molecular flexibility index (Phi) is 5.16. The fraction of sp³-hybridized carbons (Fsp3) is 0.353. The van der Waals surface area contributed by atoms with Crippen molar-refractivity contribution in [1.82, 2.24) is 4.98 Å². The lowest BCUT2D eigenvalue weighted by atomic mass is 10.2. The van der Waals surface area contributed by atoms with Crippen LogP contribution in [0.3, 0.4) is 0 Å².